The second kappa shape index (κ2) is 6.31. The maximum Gasteiger partial charge on any atom is 0.227 e. The second-order valence-corrected chi connectivity index (χ2v) is 4.34. The summed E-state index contributed by atoms with van der Waals surface area (Å²) in [6, 6.07) is 10.2. The summed E-state index contributed by atoms with van der Waals surface area (Å²) in [5.41, 5.74) is 1.24. The van der Waals surface area contributed by atoms with Crippen LogP contribution in [0.15, 0.2) is 34.9 Å². The van der Waals surface area contributed by atoms with Gasteiger partial charge >= 0.3 is 0 Å². The highest BCUT2D eigenvalue weighted by atomic mass is 16.5. The predicted octanol–water partition coefficient (Wildman–Crippen LogP) is 2.69. The molecule has 1 unspecified atom stereocenters. The molecule has 1 atom stereocenters. The Morgan fingerprint density at radius 2 is 2.00 bits per heavy atom. The molecule has 2 aromatic rings. The molecule has 0 saturated carbocycles. The number of aliphatic hydroxyl groups is 1. The van der Waals surface area contributed by atoms with E-state index in [-0.39, 0.29) is 0 Å². The van der Waals surface area contributed by atoms with Crippen LogP contribution in [-0.4, -0.2) is 15.2 Å². The van der Waals surface area contributed by atoms with Crippen molar-refractivity contribution in [1.29, 1.82) is 0 Å². The number of aryl methyl sites for hydroxylation is 2. The lowest BCUT2D eigenvalue weighted by Gasteiger charge is -2.01. The van der Waals surface area contributed by atoms with Gasteiger partial charge in [-0.1, -0.05) is 48.8 Å². The number of aliphatic hydroxyl groups excluding tert-OH is 1. The monoisotopic (exact) mass is 246 g/mol. The third-order valence-electron chi connectivity index (χ3n) is 2.81. The first-order valence-electron chi connectivity index (χ1n) is 6.34. The summed E-state index contributed by atoms with van der Waals surface area (Å²) in [5.74, 6) is 0.990. The van der Waals surface area contributed by atoms with E-state index in [4.69, 9.17) is 4.52 Å². The van der Waals surface area contributed by atoms with Gasteiger partial charge in [0.05, 0.1) is 0 Å². The van der Waals surface area contributed by atoms with Gasteiger partial charge in [-0.15, -0.1) is 0 Å². The zero-order valence-corrected chi connectivity index (χ0v) is 10.5. The van der Waals surface area contributed by atoms with Gasteiger partial charge in [-0.3, -0.25) is 0 Å². The first kappa shape index (κ1) is 12.8. The van der Waals surface area contributed by atoms with E-state index in [1.807, 2.05) is 25.1 Å². The Morgan fingerprint density at radius 1 is 1.22 bits per heavy atom. The molecule has 0 saturated heterocycles. The standard InChI is InChI=1S/C14H18N2O2/c1-2-6-12(17)14-15-13(18-16-14)10-9-11-7-4-3-5-8-11/h3-5,7-8,12,17H,2,6,9-10H2,1H3. The molecule has 1 aromatic carbocycles. The predicted molar refractivity (Wildman–Crippen MR) is 68.0 cm³/mol. The van der Waals surface area contributed by atoms with Gasteiger partial charge in [0.1, 0.15) is 6.10 Å². The highest BCUT2D eigenvalue weighted by Crippen LogP contribution is 2.15. The Labute approximate surface area is 107 Å². The minimum absolute atomic E-state index is 0.403. The van der Waals surface area contributed by atoms with Crippen LogP contribution in [0.2, 0.25) is 0 Å². The zero-order valence-electron chi connectivity index (χ0n) is 10.5. The van der Waals surface area contributed by atoms with Crippen molar-refractivity contribution in [3.63, 3.8) is 0 Å². The molecule has 1 N–H and O–H groups in total. The minimum atomic E-state index is -0.607. The molecule has 0 spiro atoms. The van der Waals surface area contributed by atoms with E-state index in [2.05, 4.69) is 22.3 Å². The minimum Gasteiger partial charge on any atom is -0.385 e. The third kappa shape index (κ3) is 3.40. The Hall–Kier alpha value is -1.68. The Balaban J connectivity index is 1.91. The van der Waals surface area contributed by atoms with Crippen LogP contribution in [0.1, 0.15) is 43.1 Å². The van der Waals surface area contributed by atoms with E-state index < -0.39 is 6.10 Å². The summed E-state index contributed by atoms with van der Waals surface area (Å²) in [6.07, 6.45) is 2.53. The average molecular weight is 246 g/mol. The topological polar surface area (TPSA) is 59.2 Å². The van der Waals surface area contributed by atoms with Crippen molar-refractivity contribution in [3.05, 3.63) is 47.6 Å². The summed E-state index contributed by atoms with van der Waals surface area (Å²) in [6.45, 7) is 2.01. The number of rotatable bonds is 6. The van der Waals surface area contributed by atoms with Crippen molar-refractivity contribution in [1.82, 2.24) is 10.1 Å². The molecular formula is C14H18N2O2. The maximum absolute atomic E-state index is 9.73. The Bertz CT molecular complexity index is 468. The van der Waals surface area contributed by atoms with Crippen LogP contribution in [0.25, 0.3) is 0 Å². The lowest BCUT2D eigenvalue weighted by Crippen LogP contribution is -1.99. The number of benzene rings is 1. The van der Waals surface area contributed by atoms with Crippen LogP contribution in [0.3, 0.4) is 0 Å². The van der Waals surface area contributed by atoms with Gasteiger partial charge in [0.2, 0.25) is 5.89 Å². The fourth-order valence-electron chi connectivity index (χ4n) is 1.80. The molecule has 4 nitrogen and oxygen atoms in total. The van der Waals surface area contributed by atoms with Gasteiger partial charge in [0.25, 0.3) is 0 Å². The third-order valence-corrected chi connectivity index (χ3v) is 2.81. The average Bonchev–Trinajstić information content (AvgIpc) is 2.87. The number of hydrogen-bond acceptors (Lipinski definition) is 4. The normalized spacial score (nSPS) is 12.6. The molecule has 18 heavy (non-hydrogen) atoms. The molecular weight excluding hydrogens is 228 g/mol. The smallest absolute Gasteiger partial charge is 0.227 e. The van der Waals surface area contributed by atoms with Gasteiger partial charge in [0, 0.05) is 6.42 Å². The fraction of sp³-hybridized carbons (Fsp3) is 0.429. The van der Waals surface area contributed by atoms with Crippen molar-refractivity contribution in [2.75, 3.05) is 0 Å². The molecule has 1 aromatic heterocycles. The molecule has 96 valence electrons. The van der Waals surface area contributed by atoms with Crippen molar-refractivity contribution in [3.8, 4) is 0 Å². The van der Waals surface area contributed by atoms with Crippen LogP contribution >= 0.6 is 0 Å². The van der Waals surface area contributed by atoms with E-state index in [0.717, 1.165) is 12.8 Å². The molecule has 0 fully saturated rings. The first-order valence-corrected chi connectivity index (χ1v) is 6.34. The molecule has 2 rings (SSSR count). The van der Waals surface area contributed by atoms with E-state index in [1.54, 1.807) is 0 Å². The molecule has 0 aliphatic heterocycles. The zero-order chi connectivity index (χ0) is 12.8. The summed E-state index contributed by atoms with van der Waals surface area (Å²) < 4.78 is 5.13. The number of aromatic nitrogens is 2. The summed E-state index contributed by atoms with van der Waals surface area (Å²) in [5, 5.41) is 13.5. The van der Waals surface area contributed by atoms with Crippen LogP contribution in [0.5, 0.6) is 0 Å². The van der Waals surface area contributed by atoms with Crippen molar-refractivity contribution >= 4 is 0 Å². The first-order chi connectivity index (χ1) is 8.79. The van der Waals surface area contributed by atoms with Gasteiger partial charge < -0.3 is 9.63 Å². The molecule has 0 radical (unpaired) electrons. The molecule has 0 aliphatic carbocycles. The lowest BCUT2D eigenvalue weighted by molar-refractivity contribution is 0.152. The second-order valence-electron chi connectivity index (χ2n) is 4.34. The summed E-state index contributed by atoms with van der Waals surface area (Å²) in [7, 11) is 0. The Kier molecular flexibility index (Phi) is 4.47. The van der Waals surface area contributed by atoms with Gasteiger partial charge in [0.15, 0.2) is 5.82 Å². The number of hydrogen-bond donors (Lipinski definition) is 1. The molecule has 0 amide bonds. The Morgan fingerprint density at radius 3 is 2.72 bits per heavy atom. The highest BCUT2D eigenvalue weighted by Gasteiger charge is 2.14. The van der Waals surface area contributed by atoms with Gasteiger partial charge in [-0.05, 0) is 18.4 Å². The van der Waals surface area contributed by atoms with E-state index in [1.165, 1.54) is 5.56 Å². The van der Waals surface area contributed by atoms with Crippen LogP contribution < -0.4 is 0 Å². The maximum atomic E-state index is 9.73. The lowest BCUT2D eigenvalue weighted by atomic mass is 10.1. The highest BCUT2D eigenvalue weighted by molar-refractivity contribution is 5.15. The van der Waals surface area contributed by atoms with E-state index in [9.17, 15) is 5.11 Å². The summed E-state index contributed by atoms with van der Waals surface area (Å²) in [4.78, 5) is 4.22. The van der Waals surface area contributed by atoms with Crippen LogP contribution in [-0.2, 0) is 12.8 Å². The molecule has 1 heterocycles. The van der Waals surface area contributed by atoms with Crippen molar-refractivity contribution in [2.45, 2.75) is 38.7 Å². The largest absolute Gasteiger partial charge is 0.385 e. The van der Waals surface area contributed by atoms with Crippen molar-refractivity contribution in [2.24, 2.45) is 0 Å². The summed E-state index contributed by atoms with van der Waals surface area (Å²) >= 11 is 0. The quantitative estimate of drug-likeness (QED) is 0.851. The molecule has 0 aliphatic rings. The van der Waals surface area contributed by atoms with Crippen molar-refractivity contribution < 1.29 is 9.63 Å². The number of nitrogens with zero attached hydrogens (tertiary/aromatic N) is 2. The van der Waals surface area contributed by atoms with Crippen LogP contribution in [0, 0.1) is 0 Å². The SMILES string of the molecule is CCCC(O)c1noc(CCc2ccccc2)n1. The fourth-order valence-corrected chi connectivity index (χ4v) is 1.80. The molecule has 4 heteroatoms. The van der Waals surface area contributed by atoms with E-state index >= 15 is 0 Å². The van der Waals surface area contributed by atoms with E-state index in [0.29, 0.717) is 24.6 Å². The van der Waals surface area contributed by atoms with Gasteiger partial charge in [-0.2, -0.15) is 4.98 Å². The molecule has 0 bridgehead atoms. The van der Waals surface area contributed by atoms with Crippen LogP contribution in [0.4, 0.5) is 0 Å². The van der Waals surface area contributed by atoms with Gasteiger partial charge in [-0.25, -0.2) is 0 Å².